The molecule has 0 atom stereocenters. The average Bonchev–Trinajstić information content (AvgIpc) is 3.13. The van der Waals surface area contributed by atoms with Gasteiger partial charge in [-0.25, -0.2) is 9.59 Å². The van der Waals surface area contributed by atoms with E-state index in [1.165, 1.54) is 31.0 Å². The predicted octanol–water partition coefficient (Wildman–Crippen LogP) is 2.41. The van der Waals surface area contributed by atoms with E-state index in [9.17, 15) is 14.7 Å². The smallest absolute Gasteiger partial charge is 0.338 e. The first-order valence-corrected chi connectivity index (χ1v) is 8.63. The number of benzene rings is 2. The number of ether oxygens (including phenoxy) is 3. The number of aromatic hydroxyl groups is 1. The monoisotopic (exact) mass is 397 g/mol. The molecule has 0 amide bonds. The summed E-state index contributed by atoms with van der Waals surface area (Å²) in [5, 5.41) is 18.7. The summed E-state index contributed by atoms with van der Waals surface area (Å²) in [7, 11) is 1.50. The van der Waals surface area contributed by atoms with E-state index in [-0.39, 0.29) is 30.1 Å². The molecule has 0 fully saturated rings. The van der Waals surface area contributed by atoms with Crippen molar-refractivity contribution in [3.63, 3.8) is 0 Å². The summed E-state index contributed by atoms with van der Waals surface area (Å²) in [6.07, 6.45) is 0. The zero-order valence-corrected chi connectivity index (χ0v) is 15.9. The van der Waals surface area contributed by atoms with Gasteiger partial charge in [0, 0.05) is 11.6 Å². The summed E-state index contributed by atoms with van der Waals surface area (Å²) in [5.41, 5.74) is 1.89. The number of carbonyl (C=O) groups is 2. The van der Waals surface area contributed by atoms with Gasteiger partial charge >= 0.3 is 11.9 Å². The third-order valence-electron chi connectivity index (χ3n) is 3.91. The van der Waals surface area contributed by atoms with E-state index in [0.29, 0.717) is 22.5 Å². The van der Waals surface area contributed by atoms with Gasteiger partial charge in [0.05, 0.1) is 12.7 Å². The van der Waals surface area contributed by atoms with Crippen LogP contribution in [-0.4, -0.2) is 52.4 Å². The molecule has 0 saturated carbocycles. The van der Waals surface area contributed by atoms with Crippen molar-refractivity contribution in [2.75, 3.05) is 20.3 Å². The van der Waals surface area contributed by atoms with Crippen LogP contribution in [-0.2, 0) is 14.3 Å². The van der Waals surface area contributed by atoms with Crippen molar-refractivity contribution in [3.8, 4) is 17.2 Å². The first-order valence-electron chi connectivity index (χ1n) is 8.63. The van der Waals surface area contributed by atoms with Crippen LogP contribution in [0.1, 0.15) is 17.3 Å². The molecule has 3 rings (SSSR count). The number of phenolic OH excluding ortho intramolecular Hbond substituents is 1. The quantitative estimate of drug-likeness (QED) is 0.367. The number of carbonyl (C=O) groups excluding carboxylic acids is 2. The lowest BCUT2D eigenvalue weighted by Crippen LogP contribution is -2.14. The lowest BCUT2D eigenvalue weighted by molar-refractivity contribution is -0.140. The Bertz CT molecular complexity index is 1090. The molecule has 0 aliphatic rings. The van der Waals surface area contributed by atoms with Crippen LogP contribution in [0.25, 0.3) is 16.7 Å². The van der Waals surface area contributed by atoms with Crippen LogP contribution in [0.2, 0.25) is 0 Å². The molecular formula is C20H19N3O6. The lowest BCUT2D eigenvalue weighted by atomic mass is 10.2. The summed E-state index contributed by atoms with van der Waals surface area (Å²) in [6, 6.07) is 9.45. The zero-order chi connectivity index (χ0) is 21.0. The summed E-state index contributed by atoms with van der Waals surface area (Å²) in [5.74, 6) is -0.670. The molecule has 0 radical (unpaired) electrons. The summed E-state index contributed by atoms with van der Waals surface area (Å²) < 4.78 is 15.0. The largest absolute Gasteiger partial charge is 0.505 e. The highest BCUT2D eigenvalue weighted by molar-refractivity contribution is 5.93. The molecule has 0 saturated heterocycles. The van der Waals surface area contributed by atoms with Gasteiger partial charge in [0.1, 0.15) is 41.4 Å². The Morgan fingerprint density at radius 2 is 1.79 bits per heavy atom. The van der Waals surface area contributed by atoms with Crippen LogP contribution in [0.5, 0.6) is 11.5 Å². The van der Waals surface area contributed by atoms with E-state index in [1.807, 2.05) is 0 Å². The Balaban J connectivity index is 1.71. The van der Waals surface area contributed by atoms with Gasteiger partial charge < -0.3 is 19.3 Å². The molecule has 2 aromatic carbocycles. The Morgan fingerprint density at radius 3 is 2.48 bits per heavy atom. The van der Waals surface area contributed by atoms with Crippen LogP contribution < -0.4 is 4.74 Å². The van der Waals surface area contributed by atoms with Gasteiger partial charge in [-0.3, -0.25) is 0 Å². The minimum Gasteiger partial charge on any atom is -0.505 e. The number of hydrogen-bond donors (Lipinski definition) is 1. The number of phenols is 1. The second kappa shape index (κ2) is 8.42. The maximum absolute atomic E-state index is 12.2. The molecule has 9 heteroatoms. The fourth-order valence-electron chi connectivity index (χ4n) is 2.42. The van der Waals surface area contributed by atoms with Gasteiger partial charge in [0.2, 0.25) is 0 Å². The van der Waals surface area contributed by atoms with Gasteiger partial charge in [-0.15, -0.1) is 15.0 Å². The number of aromatic nitrogens is 3. The first-order chi connectivity index (χ1) is 13.9. The van der Waals surface area contributed by atoms with Crippen LogP contribution in [0.15, 0.2) is 48.6 Å². The van der Waals surface area contributed by atoms with Crippen molar-refractivity contribution in [1.82, 2.24) is 15.0 Å². The highest BCUT2D eigenvalue weighted by Crippen LogP contribution is 2.26. The van der Waals surface area contributed by atoms with E-state index in [1.54, 1.807) is 24.3 Å². The first kappa shape index (κ1) is 19.9. The second-order valence-electron chi connectivity index (χ2n) is 6.10. The minimum absolute atomic E-state index is 0.0476. The fraction of sp³-hybridized carbons (Fsp3) is 0.200. The third kappa shape index (κ3) is 4.52. The molecule has 1 heterocycles. The van der Waals surface area contributed by atoms with Crippen LogP contribution in [0.3, 0.4) is 0 Å². The highest BCUT2D eigenvalue weighted by Gasteiger charge is 2.14. The zero-order valence-electron chi connectivity index (χ0n) is 15.9. The summed E-state index contributed by atoms with van der Waals surface area (Å²) in [4.78, 5) is 24.7. The topological polar surface area (TPSA) is 113 Å². The normalized spacial score (nSPS) is 10.6. The van der Waals surface area contributed by atoms with Crippen molar-refractivity contribution in [2.24, 2.45) is 0 Å². The highest BCUT2D eigenvalue weighted by atomic mass is 16.6. The molecule has 0 aliphatic heterocycles. The van der Waals surface area contributed by atoms with Crippen molar-refractivity contribution in [3.05, 3.63) is 54.1 Å². The Morgan fingerprint density at radius 1 is 1.07 bits per heavy atom. The van der Waals surface area contributed by atoms with Gasteiger partial charge in [0.25, 0.3) is 0 Å². The average molecular weight is 397 g/mol. The van der Waals surface area contributed by atoms with Gasteiger partial charge in [-0.1, -0.05) is 6.58 Å². The maximum atomic E-state index is 12.2. The molecule has 0 spiro atoms. The van der Waals surface area contributed by atoms with Crippen LogP contribution in [0.4, 0.5) is 0 Å². The molecule has 0 bridgehead atoms. The number of esters is 2. The SMILES string of the molecule is C=C(C)C(=O)OCCOC(=O)c1ccc2nn(-c3ccc(OC)cc3O)nc2c1. The fourth-order valence-corrected chi connectivity index (χ4v) is 2.42. The van der Waals surface area contributed by atoms with E-state index < -0.39 is 11.9 Å². The number of hydrogen-bond acceptors (Lipinski definition) is 8. The molecule has 150 valence electrons. The van der Waals surface area contributed by atoms with E-state index in [0.717, 1.165) is 0 Å². The molecule has 1 aromatic heterocycles. The summed E-state index contributed by atoms with van der Waals surface area (Å²) >= 11 is 0. The predicted molar refractivity (Wildman–Crippen MR) is 103 cm³/mol. The van der Waals surface area contributed by atoms with Crippen LogP contribution >= 0.6 is 0 Å². The minimum atomic E-state index is -0.583. The van der Waals surface area contributed by atoms with Crippen molar-refractivity contribution < 1.29 is 28.9 Å². The van der Waals surface area contributed by atoms with Gasteiger partial charge in [0.15, 0.2) is 0 Å². The van der Waals surface area contributed by atoms with Crippen LogP contribution in [0, 0.1) is 0 Å². The van der Waals surface area contributed by atoms with E-state index in [4.69, 9.17) is 14.2 Å². The molecule has 0 unspecified atom stereocenters. The third-order valence-corrected chi connectivity index (χ3v) is 3.91. The number of fused-ring (bicyclic) bond motifs is 1. The molecule has 29 heavy (non-hydrogen) atoms. The number of nitrogens with zero attached hydrogens (tertiary/aromatic N) is 3. The molecule has 3 aromatic rings. The Labute approximate surface area is 166 Å². The van der Waals surface area contributed by atoms with Crippen molar-refractivity contribution in [1.29, 1.82) is 0 Å². The molecule has 1 N–H and O–H groups in total. The lowest BCUT2D eigenvalue weighted by Gasteiger charge is -2.06. The standard InChI is InChI=1S/C20H19N3O6/c1-12(2)19(25)28-8-9-29-20(26)13-4-6-15-16(10-13)22-23(21-15)17-7-5-14(27-3)11-18(17)24/h4-7,10-11,24H,1,8-9H2,2-3H3. The van der Waals surface area contributed by atoms with Crippen molar-refractivity contribution in [2.45, 2.75) is 6.92 Å². The second-order valence-corrected chi connectivity index (χ2v) is 6.10. The molecule has 9 nitrogen and oxygen atoms in total. The summed E-state index contributed by atoms with van der Waals surface area (Å²) in [6.45, 7) is 4.85. The van der Waals surface area contributed by atoms with E-state index >= 15 is 0 Å². The Kier molecular flexibility index (Phi) is 5.77. The number of rotatable bonds is 7. The van der Waals surface area contributed by atoms with E-state index in [2.05, 4.69) is 16.8 Å². The van der Waals surface area contributed by atoms with Crippen molar-refractivity contribution >= 4 is 23.0 Å². The number of methoxy groups -OCH3 is 1. The Hall–Kier alpha value is -3.88. The molecule has 0 aliphatic carbocycles. The molecular weight excluding hydrogens is 378 g/mol. The van der Waals surface area contributed by atoms with Gasteiger partial charge in [-0.05, 0) is 37.3 Å². The maximum Gasteiger partial charge on any atom is 0.338 e. The van der Waals surface area contributed by atoms with Gasteiger partial charge in [-0.2, -0.15) is 0 Å².